The van der Waals surface area contributed by atoms with Gasteiger partial charge in [-0.1, -0.05) is 30.3 Å². The lowest BCUT2D eigenvalue weighted by molar-refractivity contribution is 0.0933. The molecule has 6 nitrogen and oxygen atoms in total. The Balaban J connectivity index is 1.40. The molecule has 0 bridgehead atoms. The lowest BCUT2D eigenvalue weighted by Crippen LogP contribution is -2.48. The molecule has 0 atom stereocenters. The van der Waals surface area contributed by atoms with Crippen LogP contribution >= 0.6 is 0 Å². The first-order valence-corrected chi connectivity index (χ1v) is 10.3. The van der Waals surface area contributed by atoms with Gasteiger partial charge in [0.15, 0.2) is 11.5 Å². The molecular formula is C23H31N3O3. The quantitative estimate of drug-likeness (QED) is 0.705. The standard InChI is InChI=1S/C23H31N3O3/c1-3-29-22-17-20(9-10-21(22)28-2)23(27)24-11-12-25-13-15-26(16-14-25)18-19-7-5-4-6-8-19/h4-10,17H,3,11-16,18H2,1-2H3,(H,24,27). The minimum absolute atomic E-state index is 0.0867. The van der Waals surface area contributed by atoms with Gasteiger partial charge in [0.1, 0.15) is 0 Å². The van der Waals surface area contributed by atoms with Gasteiger partial charge in [0.05, 0.1) is 13.7 Å². The molecule has 1 amide bonds. The number of carbonyl (C=O) groups is 1. The molecule has 2 aromatic carbocycles. The molecule has 0 saturated carbocycles. The topological polar surface area (TPSA) is 54.0 Å². The first-order chi connectivity index (χ1) is 14.2. The van der Waals surface area contributed by atoms with E-state index < -0.39 is 0 Å². The molecule has 1 N–H and O–H groups in total. The number of ether oxygens (including phenoxy) is 2. The molecular weight excluding hydrogens is 366 g/mol. The van der Waals surface area contributed by atoms with Crippen molar-refractivity contribution in [2.24, 2.45) is 0 Å². The molecule has 0 unspecified atom stereocenters. The predicted octanol–water partition coefficient (Wildman–Crippen LogP) is 2.64. The number of hydrogen-bond donors (Lipinski definition) is 1. The molecule has 1 fully saturated rings. The van der Waals surface area contributed by atoms with Gasteiger partial charge in [0.25, 0.3) is 5.91 Å². The Bertz CT molecular complexity index is 774. The zero-order valence-electron chi connectivity index (χ0n) is 17.4. The summed E-state index contributed by atoms with van der Waals surface area (Å²) in [5.41, 5.74) is 1.95. The largest absolute Gasteiger partial charge is 0.493 e. The number of methoxy groups -OCH3 is 1. The summed E-state index contributed by atoms with van der Waals surface area (Å²) in [7, 11) is 1.59. The van der Waals surface area contributed by atoms with E-state index in [1.165, 1.54) is 5.56 Å². The summed E-state index contributed by atoms with van der Waals surface area (Å²) in [4.78, 5) is 17.4. The highest BCUT2D eigenvalue weighted by atomic mass is 16.5. The zero-order valence-corrected chi connectivity index (χ0v) is 17.4. The van der Waals surface area contributed by atoms with Gasteiger partial charge in [0, 0.05) is 51.4 Å². The third-order valence-corrected chi connectivity index (χ3v) is 5.15. The summed E-state index contributed by atoms with van der Waals surface area (Å²) >= 11 is 0. The highest BCUT2D eigenvalue weighted by molar-refractivity contribution is 5.94. The monoisotopic (exact) mass is 397 g/mol. The molecule has 29 heavy (non-hydrogen) atoms. The smallest absolute Gasteiger partial charge is 0.251 e. The van der Waals surface area contributed by atoms with Crippen molar-refractivity contribution < 1.29 is 14.3 Å². The van der Waals surface area contributed by atoms with Crippen LogP contribution in [0.15, 0.2) is 48.5 Å². The molecule has 156 valence electrons. The molecule has 0 spiro atoms. The number of nitrogens with zero attached hydrogens (tertiary/aromatic N) is 2. The molecule has 1 saturated heterocycles. The average Bonchev–Trinajstić information content (AvgIpc) is 2.76. The van der Waals surface area contributed by atoms with E-state index in [0.29, 0.717) is 30.2 Å². The number of amides is 1. The fourth-order valence-electron chi connectivity index (χ4n) is 3.53. The number of carbonyl (C=O) groups excluding carboxylic acids is 1. The van der Waals surface area contributed by atoms with Gasteiger partial charge >= 0.3 is 0 Å². The van der Waals surface area contributed by atoms with Crippen LogP contribution in [0.4, 0.5) is 0 Å². The highest BCUT2D eigenvalue weighted by Crippen LogP contribution is 2.27. The van der Waals surface area contributed by atoms with Crippen molar-refractivity contribution >= 4 is 5.91 Å². The van der Waals surface area contributed by atoms with Crippen molar-refractivity contribution in [3.05, 3.63) is 59.7 Å². The zero-order chi connectivity index (χ0) is 20.5. The molecule has 0 aromatic heterocycles. The third-order valence-electron chi connectivity index (χ3n) is 5.15. The molecule has 0 radical (unpaired) electrons. The predicted molar refractivity (Wildman–Crippen MR) is 115 cm³/mol. The van der Waals surface area contributed by atoms with E-state index in [1.807, 2.05) is 6.92 Å². The molecule has 1 aliphatic rings. The van der Waals surface area contributed by atoms with Gasteiger partial charge in [-0.15, -0.1) is 0 Å². The van der Waals surface area contributed by atoms with E-state index >= 15 is 0 Å². The van der Waals surface area contributed by atoms with Crippen LogP contribution in [0, 0.1) is 0 Å². The van der Waals surface area contributed by atoms with Gasteiger partial charge in [-0.25, -0.2) is 0 Å². The van der Waals surface area contributed by atoms with Crippen molar-refractivity contribution in [1.29, 1.82) is 0 Å². The van der Waals surface area contributed by atoms with Gasteiger partial charge in [-0.2, -0.15) is 0 Å². The number of rotatable bonds is 9. The summed E-state index contributed by atoms with van der Waals surface area (Å²) in [6.45, 7) is 9.10. The highest BCUT2D eigenvalue weighted by Gasteiger charge is 2.17. The van der Waals surface area contributed by atoms with E-state index in [2.05, 4.69) is 45.4 Å². The lowest BCUT2D eigenvalue weighted by atomic mass is 10.2. The van der Waals surface area contributed by atoms with E-state index in [1.54, 1.807) is 25.3 Å². The molecule has 6 heteroatoms. The summed E-state index contributed by atoms with van der Waals surface area (Å²) in [6, 6.07) is 15.9. The fourth-order valence-corrected chi connectivity index (χ4v) is 3.53. The summed E-state index contributed by atoms with van der Waals surface area (Å²) < 4.78 is 10.8. The van der Waals surface area contributed by atoms with Crippen LogP contribution in [-0.2, 0) is 6.54 Å². The van der Waals surface area contributed by atoms with Crippen LogP contribution < -0.4 is 14.8 Å². The molecule has 1 heterocycles. The van der Waals surface area contributed by atoms with Crippen LogP contribution in [0.1, 0.15) is 22.8 Å². The van der Waals surface area contributed by atoms with Crippen LogP contribution in [0.25, 0.3) is 0 Å². The SMILES string of the molecule is CCOc1cc(C(=O)NCCN2CCN(Cc3ccccc3)CC2)ccc1OC. The minimum Gasteiger partial charge on any atom is -0.493 e. The molecule has 1 aliphatic heterocycles. The van der Waals surface area contributed by atoms with E-state index in [-0.39, 0.29) is 5.91 Å². The number of benzene rings is 2. The molecule has 3 rings (SSSR count). The van der Waals surface area contributed by atoms with Crippen molar-refractivity contribution in [2.45, 2.75) is 13.5 Å². The summed E-state index contributed by atoms with van der Waals surface area (Å²) in [5.74, 6) is 1.14. The second-order valence-corrected chi connectivity index (χ2v) is 7.16. The van der Waals surface area contributed by atoms with Crippen molar-refractivity contribution in [2.75, 3.05) is 53.0 Å². The first-order valence-electron chi connectivity index (χ1n) is 10.3. The average molecular weight is 398 g/mol. The summed E-state index contributed by atoms with van der Waals surface area (Å²) in [6.07, 6.45) is 0. The van der Waals surface area contributed by atoms with Crippen molar-refractivity contribution in [3.63, 3.8) is 0 Å². The molecule has 2 aromatic rings. The Labute approximate surface area is 173 Å². The number of hydrogen-bond acceptors (Lipinski definition) is 5. The van der Waals surface area contributed by atoms with Crippen LogP contribution in [0.5, 0.6) is 11.5 Å². The maximum absolute atomic E-state index is 12.5. The van der Waals surface area contributed by atoms with Gasteiger partial charge in [-0.3, -0.25) is 14.6 Å². The fraction of sp³-hybridized carbons (Fsp3) is 0.435. The summed E-state index contributed by atoms with van der Waals surface area (Å²) in [5, 5.41) is 3.01. The van der Waals surface area contributed by atoms with Gasteiger partial charge < -0.3 is 14.8 Å². The normalized spacial score (nSPS) is 15.1. The third kappa shape index (κ3) is 6.21. The van der Waals surface area contributed by atoms with Crippen molar-refractivity contribution in [3.8, 4) is 11.5 Å². The number of nitrogens with one attached hydrogen (secondary N) is 1. The van der Waals surface area contributed by atoms with Gasteiger partial charge in [0.2, 0.25) is 0 Å². The lowest BCUT2D eigenvalue weighted by Gasteiger charge is -2.34. The van der Waals surface area contributed by atoms with Crippen LogP contribution in [-0.4, -0.2) is 68.7 Å². The Morgan fingerprint density at radius 1 is 1.00 bits per heavy atom. The Morgan fingerprint density at radius 3 is 2.41 bits per heavy atom. The van der Waals surface area contributed by atoms with E-state index in [4.69, 9.17) is 9.47 Å². The minimum atomic E-state index is -0.0867. The van der Waals surface area contributed by atoms with E-state index in [9.17, 15) is 4.79 Å². The second kappa shape index (κ2) is 10.8. The van der Waals surface area contributed by atoms with Crippen molar-refractivity contribution in [1.82, 2.24) is 15.1 Å². The van der Waals surface area contributed by atoms with Gasteiger partial charge in [-0.05, 0) is 30.7 Å². The maximum Gasteiger partial charge on any atom is 0.251 e. The second-order valence-electron chi connectivity index (χ2n) is 7.16. The molecule has 0 aliphatic carbocycles. The van der Waals surface area contributed by atoms with Crippen LogP contribution in [0.2, 0.25) is 0 Å². The van der Waals surface area contributed by atoms with Crippen LogP contribution in [0.3, 0.4) is 0 Å². The number of piperazine rings is 1. The Hall–Kier alpha value is -2.57. The van der Waals surface area contributed by atoms with E-state index in [0.717, 1.165) is 39.3 Å². The Kier molecular flexibility index (Phi) is 7.90. The maximum atomic E-state index is 12.5. The first kappa shape index (κ1) is 21.1. The Morgan fingerprint density at radius 2 is 1.72 bits per heavy atom.